The van der Waals surface area contributed by atoms with E-state index in [-0.39, 0.29) is 0 Å². The molecule has 5 nitrogen and oxygen atoms in total. The van der Waals surface area contributed by atoms with Gasteiger partial charge in [0.05, 0.1) is 12.7 Å². The molecule has 1 saturated heterocycles. The van der Waals surface area contributed by atoms with E-state index < -0.39 is 24.2 Å². The molecule has 1 aromatic carbocycles. The average molecular weight is 251 g/mol. The third kappa shape index (κ3) is 2.87. The van der Waals surface area contributed by atoms with Crippen molar-refractivity contribution in [3.05, 3.63) is 35.4 Å². The lowest BCUT2D eigenvalue weighted by Crippen LogP contribution is -2.40. The summed E-state index contributed by atoms with van der Waals surface area (Å²) in [6, 6.07) is 6.94. The Morgan fingerprint density at radius 1 is 1.56 bits per heavy atom. The van der Waals surface area contributed by atoms with E-state index in [0.29, 0.717) is 13.2 Å². The number of aryl methyl sites for hydroxylation is 1. The SMILES string of the molecule is Cc1cccc(CO[C@H]2CN[C@H](C(=O)O)[C@@H]2O)c1. The topological polar surface area (TPSA) is 78.8 Å². The maximum Gasteiger partial charge on any atom is 0.323 e. The molecule has 1 aliphatic heterocycles. The van der Waals surface area contributed by atoms with E-state index in [1.807, 2.05) is 31.2 Å². The van der Waals surface area contributed by atoms with E-state index in [0.717, 1.165) is 11.1 Å². The molecule has 98 valence electrons. The molecule has 0 aromatic heterocycles. The van der Waals surface area contributed by atoms with Crippen molar-refractivity contribution in [1.82, 2.24) is 5.32 Å². The second-order valence-corrected chi connectivity index (χ2v) is 4.55. The molecule has 0 unspecified atom stereocenters. The van der Waals surface area contributed by atoms with Crippen molar-refractivity contribution >= 4 is 5.97 Å². The molecule has 0 radical (unpaired) electrons. The number of nitrogens with one attached hydrogen (secondary N) is 1. The fraction of sp³-hybridized carbons (Fsp3) is 0.462. The van der Waals surface area contributed by atoms with Crippen molar-refractivity contribution in [2.45, 2.75) is 31.8 Å². The minimum atomic E-state index is -1.05. The van der Waals surface area contributed by atoms with Gasteiger partial charge in [-0.05, 0) is 12.5 Å². The smallest absolute Gasteiger partial charge is 0.323 e. The minimum absolute atomic E-state index is 0.351. The van der Waals surface area contributed by atoms with Crippen LogP contribution in [0, 0.1) is 6.92 Å². The van der Waals surface area contributed by atoms with Crippen molar-refractivity contribution in [3.8, 4) is 0 Å². The van der Waals surface area contributed by atoms with Crippen LogP contribution in [0.1, 0.15) is 11.1 Å². The number of hydrogen-bond donors (Lipinski definition) is 3. The molecule has 18 heavy (non-hydrogen) atoms. The van der Waals surface area contributed by atoms with Crippen LogP contribution in [0.3, 0.4) is 0 Å². The van der Waals surface area contributed by atoms with Gasteiger partial charge in [0.25, 0.3) is 0 Å². The fourth-order valence-corrected chi connectivity index (χ4v) is 2.10. The van der Waals surface area contributed by atoms with Crippen LogP contribution >= 0.6 is 0 Å². The van der Waals surface area contributed by atoms with Gasteiger partial charge in [-0.3, -0.25) is 10.1 Å². The summed E-state index contributed by atoms with van der Waals surface area (Å²) in [5.41, 5.74) is 2.16. The van der Waals surface area contributed by atoms with Gasteiger partial charge in [0.1, 0.15) is 12.1 Å². The number of benzene rings is 1. The summed E-state index contributed by atoms with van der Waals surface area (Å²) in [6.45, 7) is 2.72. The summed E-state index contributed by atoms with van der Waals surface area (Å²) in [5.74, 6) is -1.05. The van der Waals surface area contributed by atoms with Crippen LogP contribution < -0.4 is 5.32 Å². The third-order valence-corrected chi connectivity index (χ3v) is 3.07. The maximum atomic E-state index is 10.8. The molecule has 1 heterocycles. The van der Waals surface area contributed by atoms with E-state index in [1.54, 1.807) is 0 Å². The minimum Gasteiger partial charge on any atom is -0.480 e. The summed E-state index contributed by atoms with van der Waals surface area (Å²) in [6.07, 6.45) is -1.49. The van der Waals surface area contributed by atoms with Crippen LogP contribution in [0.15, 0.2) is 24.3 Å². The van der Waals surface area contributed by atoms with Gasteiger partial charge in [-0.1, -0.05) is 29.8 Å². The van der Waals surface area contributed by atoms with Gasteiger partial charge >= 0.3 is 5.97 Å². The molecule has 3 atom stereocenters. The maximum absolute atomic E-state index is 10.8. The number of aliphatic carboxylic acids is 1. The molecule has 3 N–H and O–H groups in total. The number of aliphatic hydroxyl groups is 1. The van der Waals surface area contributed by atoms with E-state index in [9.17, 15) is 9.90 Å². The zero-order valence-corrected chi connectivity index (χ0v) is 10.2. The Hall–Kier alpha value is -1.43. The summed E-state index contributed by atoms with van der Waals surface area (Å²) in [7, 11) is 0. The summed E-state index contributed by atoms with van der Waals surface area (Å²) >= 11 is 0. The quantitative estimate of drug-likeness (QED) is 0.717. The van der Waals surface area contributed by atoms with Crippen LogP contribution in [-0.4, -0.2) is 41.0 Å². The zero-order chi connectivity index (χ0) is 13.1. The Labute approximate surface area is 105 Å². The molecular weight excluding hydrogens is 234 g/mol. The predicted octanol–water partition coefficient (Wildman–Crippen LogP) is 0.298. The van der Waals surface area contributed by atoms with Crippen molar-refractivity contribution < 1.29 is 19.7 Å². The fourth-order valence-electron chi connectivity index (χ4n) is 2.10. The summed E-state index contributed by atoms with van der Waals surface area (Å²) < 4.78 is 5.56. The van der Waals surface area contributed by atoms with Crippen LogP contribution in [0.2, 0.25) is 0 Å². The van der Waals surface area contributed by atoms with Crippen LogP contribution in [0.5, 0.6) is 0 Å². The first-order valence-corrected chi connectivity index (χ1v) is 5.89. The molecule has 0 aliphatic carbocycles. The number of aliphatic hydroxyl groups excluding tert-OH is 1. The van der Waals surface area contributed by atoms with E-state index in [2.05, 4.69) is 5.32 Å². The standard InChI is InChI=1S/C13H17NO4/c1-8-3-2-4-9(5-8)7-18-10-6-14-11(12(10)15)13(16)17/h2-5,10-12,14-15H,6-7H2,1H3,(H,16,17)/t10-,11-,12+/m0/s1. The molecule has 2 rings (SSSR count). The number of carboxylic acids is 1. The Bertz CT molecular complexity index is 435. The Balaban J connectivity index is 1.90. The van der Waals surface area contributed by atoms with Gasteiger partial charge in [-0.15, -0.1) is 0 Å². The molecule has 1 aromatic rings. The molecule has 5 heteroatoms. The van der Waals surface area contributed by atoms with Gasteiger partial charge in [0.2, 0.25) is 0 Å². The first kappa shape index (κ1) is 13.0. The first-order valence-electron chi connectivity index (χ1n) is 5.89. The second-order valence-electron chi connectivity index (χ2n) is 4.55. The first-order chi connectivity index (χ1) is 8.58. The Morgan fingerprint density at radius 2 is 2.33 bits per heavy atom. The number of hydrogen-bond acceptors (Lipinski definition) is 4. The number of carbonyl (C=O) groups is 1. The highest BCUT2D eigenvalue weighted by Crippen LogP contribution is 2.14. The second kappa shape index (κ2) is 5.48. The van der Waals surface area contributed by atoms with E-state index in [4.69, 9.17) is 9.84 Å². The summed E-state index contributed by atoms with van der Waals surface area (Å²) in [5, 5.41) is 21.4. The third-order valence-electron chi connectivity index (χ3n) is 3.07. The largest absolute Gasteiger partial charge is 0.480 e. The summed E-state index contributed by atoms with van der Waals surface area (Å²) in [4.78, 5) is 10.8. The Morgan fingerprint density at radius 3 is 2.94 bits per heavy atom. The van der Waals surface area contributed by atoms with Crippen molar-refractivity contribution in [3.63, 3.8) is 0 Å². The van der Waals surface area contributed by atoms with E-state index >= 15 is 0 Å². The van der Waals surface area contributed by atoms with Crippen molar-refractivity contribution in [1.29, 1.82) is 0 Å². The lowest BCUT2D eigenvalue weighted by Gasteiger charge is -2.16. The molecule has 0 spiro atoms. The van der Waals surface area contributed by atoms with E-state index in [1.165, 1.54) is 0 Å². The average Bonchev–Trinajstić information content (AvgIpc) is 2.68. The van der Waals surface area contributed by atoms with Gasteiger partial charge in [0, 0.05) is 6.54 Å². The zero-order valence-electron chi connectivity index (χ0n) is 10.2. The van der Waals surface area contributed by atoms with Crippen LogP contribution in [-0.2, 0) is 16.1 Å². The van der Waals surface area contributed by atoms with Gasteiger partial charge in [-0.2, -0.15) is 0 Å². The molecule has 0 saturated carbocycles. The number of ether oxygens (including phenoxy) is 1. The molecule has 1 aliphatic rings. The molecular formula is C13H17NO4. The van der Waals surface area contributed by atoms with Crippen molar-refractivity contribution in [2.24, 2.45) is 0 Å². The van der Waals surface area contributed by atoms with Crippen molar-refractivity contribution in [2.75, 3.05) is 6.54 Å². The van der Waals surface area contributed by atoms with Gasteiger partial charge < -0.3 is 14.9 Å². The highest BCUT2D eigenvalue weighted by molar-refractivity contribution is 5.74. The Kier molecular flexibility index (Phi) is 3.96. The van der Waals surface area contributed by atoms with Crippen LogP contribution in [0.25, 0.3) is 0 Å². The highest BCUT2D eigenvalue weighted by Gasteiger charge is 2.39. The van der Waals surface area contributed by atoms with Gasteiger partial charge in [0.15, 0.2) is 0 Å². The van der Waals surface area contributed by atoms with Gasteiger partial charge in [-0.25, -0.2) is 0 Å². The number of rotatable bonds is 4. The lowest BCUT2D eigenvalue weighted by atomic mass is 10.1. The van der Waals surface area contributed by atoms with Crippen LogP contribution in [0.4, 0.5) is 0 Å². The predicted molar refractivity (Wildman–Crippen MR) is 65.2 cm³/mol. The number of carboxylic acid groups (broad SMARTS) is 1. The lowest BCUT2D eigenvalue weighted by molar-refractivity contribution is -0.142. The highest BCUT2D eigenvalue weighted by atomic mass is 16.5. The molecule has 1 fully saturated rings. The monoisotopic (exact) mass is 251 g/mol. The normalized spacial score (nSPS) is 27.3. The molecule has 0 bridgehead atoms. The molecule has 0 amide bonds.